The molecule has 1 saturated heterocycles. The van der Waals surface area contributed by atoms with Crippen molar-refractivity contribution in [2.75, 3.05) is 29.5 Å². The minimum atomic E-state index is -0.460. The summed E-state index contributed by atoms with van der Waals surface area (Å²) in [6.45, 7) is 3.54. The second-order valence-corrected chi connectivity index (χ2v) is 11.0. The van der Waals surface area contributed by atoms with Crippen LogP contribution in [0.4, 0.5) is 17.3 Å². The Kier molecular flexibility index (Phi) is 7.28. The van der Waals surface area contributed by atoms with Gasteiger partial charge in [-0.15, -0.1) is 11.3 Å². The molecule has 1 fully saturated rings. The molecule has 0 bridgehead atoms. The molecule has 1 amide bonds. The number of carbonyl (C=O) groups is 1. The monoisotopic (exact) mass is 557 g/mol. The molecule has 0 aliphatic carbocycles. The number of nitrogens with two attached hydrogens (primary N) is 1. The maximum Gasteiger partial charge on any atom is 0.294 e. The molecule has 4 N–H and O–H groups in total. The van der Waals surface area contributed by atoms with Crippen molar-refractivity contribution in [1.82, 2.24) is 19.9 Å². The lowest BCUT2D eigenvalue weighted by Crippen LogP contribution is -2.29. The van der Waals surface area contributed by atoms with Crippen molar-refractivity contribution in [3.63, 3.8) is 0 Å². The molecule has 2 aromatic carbocycles. The third-order valence-electron chi connectivity index (χ3n) is 6.95. The van der Waals surface area contributed by atoms with Gasteiger partial charge in [-0.3, -0.25) is 9.69 Å². The number of fused-ring (bicyclic) bond motifs is 2. The van der Waals surface area contributed by atoms with Gasteiger partial charge in [-0.1, -0.05) is 42.3 Å². The molecule has 0 radical (unpaired) electrons. The Balaban J connectivity index is 1.26. The first-order valence-electron chi connectivity index (χ1n) is 13.0. The Bertz CT molecular complexity index is 1660. The van der Waals surface area contributed by atoms with E-state index in [9.17, 15) is 4.79 Å². The summed E-state index contributed by atoms with van der Waals surface area (Å²) in [5.41, 5.74) is 9.71. The Labute approximate surface area is 235 Å². The van der Waals surface area contributed by atoms with Crippen molar-refractivity contribution in [2.45, 2.75) is 32.4 Å². The fraction of sp³-hybridized carbons (Fsp3) is 0.241. The second-order valence-electron chi connectivity index (χ2n) is 9.69. The molecule has 0 unspecified atom stereocenters. The number of amides is 1. The molecular formula is C29H28ClN7OS. The summed E-state index contributed by atoms with van der Waals surface area (Å²) < 4.78 is 0.769. The number of benzene rings is 2. The molecule has 0 spiro atoms. The number of likely N-dealkylation sites (tertiary alicyclic amines) is 1. The summed E-state index contributed by atoms with van der Waals surface area (Å²) in [6.07, 6.45) is 3.76. The van der Waals surface area contributed by atoms with Crippen LogP contribution < -0.4 is 16.4 Å². The maximum absolute atomic E-state index is 13.1. The standard InChI is InChI=1S/C29H28ClN7OS/c30-20-8-9-22(19(14-20)17-37-11-4-1-5-12-37)32-16-24-21-7-3-2-6-18(21)15-25(33-24)35-29(38)28-34-23-10-13-39-26(23)27(31)36-28/h2-3,6-10,13-15,32H,1,4-5,11-12,16-17H2,(H2,31,34,36)(H,33,35,38). The van der Waals surface area contributed by atoms with E-state index in [1.54, 1.807) is 0 Å². The van der Waals surface area contributed by atoms with Crippen LogP contribution in [0.3, 0.4) is 0 Å². The number of pyridine rings is 1. The lowest BCUT2D eigenvalue weighted by Gasteiger charge is -2.27. The first-order valence-corrected chi connectivity index (χ1v) is 14.2. The van der Waals surface area contributed by atoms with Gasteiger partial charge in [0.2, 0.25) is 5.82 Å². The van der Waals surface area contributed by atoms with Crippen molar-refractivity contribution in [3.05, 3.63) is 82.1 Å². The van der Waals surface area contributed by atoms with Crippen molar-refractivity contribution in [3.8, 4) is 0 Å². The average molecular weight is 558 g/mol. The third kappa shape index (κ3) is 5.66. The van der Waals surface area contributed by atoms with Crippen molar-refractivity contribution >= 4 is 67.2 Å². The summed E-state index contributed by atoms with van der Waals surface area (Å²) >= 11 is 7.81. The number of thiophene rings is 1. The van der Waals surface area contributed by atoms with Crippen LogP contribution in [-0.4, -0.2) is 38.8 Å². The highest BCUT2D eigenvalue weighted by Crippen LogP contribution is 2.27. The van der Waals surface area contributed by atoms with Crippen LogP contribution >= 0.6 is 22.9 Å². The highest BCUT2D eigenvalue weighted by atomic mass is 35.5. The molecule has 5 aromatic rings. The van der Waals surface area contributed by atoms with Crippen LogP contribution in [-0.2, 0) is 13.1 Å². The van der Waals surface area contributed by atoms with Gasteiger partial charge in [0, 0.05) is 22.6 Å². The Morgan fingerprint density at radius 1 is 1.03 bits per heavy atom. The van der Waals surface area contributed by atoms with Crippen LogP contribution in [0, 0.1) is 0 Å². The number of carbonyl (C=O) groups excluding carboxylic acids is 1. The van der Waals surface area contributed by atoms with E-state index in [1.807, 2.05) is 60.0 Å². The second kappa shape index (κ2) is 11.1. The van der Waals surface area contributed by atoms with Crippen molar-refractivity contribution in [1.29, 1.82) is 0 Å². The third-order valence-corrected chi connectivity index (χ3v) is 8.11. The number of rotatable bonds is 7. The van der Waals surface area contributed by atoms with Crippen LogP contribution in [0.25, 0.3) is 21.0 Å². The lowest BCUT2D eigenvalue weighted by molar-refractivity contribution is 0.101. The zero-order chi connectivity index (χ0) is 26.8. The summed E-state index contributed by atoms with van der Waals surface area (Å²) in [4.78, 5) is 28.9. The van der Waals surface area contributed by atoms with Gasteiger partial charge in [-0.25, -0.2) is 15.0 Å². The van der Waals surface area contributed by atoms with Gasteiger partial charge in [0.1, 0.15) is 11.6 Å². The fourth-order valence-corrected chi connectivity index (χ4v) is 5.96. The van der Waals surface area contributed by atoms with Gasteiger partial charge in [-0.2, -0.15) is 0 Å². The molecule has 3 aromatic heterocycles. The first-order chi connectivity index (χ1) is 19.0. The van der Waals surface area contributed by atoms with Gasteiger partial charge in [-0.05, 0) is 72.6 Å². The highest BCUT2D eigenvalue weighted by molar-refractivity contribution is 7.17. The van der Waals surface area contributed by atoms with Crippen LogP contribution in [0.5, 0.6) is 0 Å². The number of hydrogen-bond donors (Lipinski definition) is 3. The van der Waals surface area contributed by atoms with Gasteiger partial charge < -0.3 is 16.4 Å². The maximum atomic E-state index is 13.1. The molecule has 1 aliphatic rings. The fourth-order valence-electron chi connectivity index (χ4n) is 5.03. The van der Waals surface area contributed by atoms with E-state index in [0.29, 0.717) is 23.7 Å². The first kappa shape index (κ1) is 25.5. The number of nitrogen functional groups attached to an aromatic ring is 1. The number of halogens is 1. The summed E-state index contributed by atoms with van der Waals surface area (Å²) in [6, 6.07) is 17.6. The zero-order valence-corrected chi connectivity index (χ0v) is 22.9. The van der Waals surface area contributed by atoms with E-state index in [0.717, 1.165) is 57.1 Å². The van der Waals surface area contributed by atoms with Crippen LogP contribution in [0.2, 0.25) is 5.02 Å². The van der Waals surface area contributed by atoms with Gasteiger partial charge in [0.05, 0.1) is 22.5 Å². The van der Waals surface area contributed by atoms with Crippen molar-refractivity contribution in [2.24, 2.45) is 0 Å². The molecule has 198 valence electrons. The van der Waals surface area contributed by atoms with E-state index >= 15 is 0 Å². The Hall–Kier alpha value is -3.79. The van der Waals surface area contributed by atoms with Crippen LogP contribution in [0.1, 0.15) is 41.1 Å². The average Bonchev–Trinajstić information content (AvgIpc) is 3.43. The van der Waals surface area contributed by atoms with Crippen LogP contribution in [0.15, 0.2) is 60.0 Å². The largest absolute Gasteiger partial charge is 0.382 e. The summed E-state index contributed by atoms with van der Waals surface area (Å²) in [7, 11) is 0. The van der Waals surface area contributed by atoms with E-state index in [1.165, 1.54) is 30.6 Å². The molecule has 0 atom stereocenters. The van der Waals surface area contributed by atoms with Gasteiger partial charge >= 0.3 is 0 Å². The van der Waals surface area contributed by atoms with Gasteiger partial charge in [0.25, 0.3) is 5.91 Å². The number of nitrogens with zero attached hydrogens (tertiary/aromatic N) is 4. The molecule has 6 rings (SSSR count). The Morgan fingerprint density at radius 2 is 1.87 bits per heavy atom. The highest BCUT2D eigenvalue weighted by Gasteiger charge is 2.17. The predicted molar refractivity (Wildman–Crippen MR) is 159 cm³/mol. The van der Waals surface area contributed by atoms with E-state index in [4.69, 9.17) is 22.3 Å². The summed E-state index contributed by atoms with van der Waals surface area (Å²) in [5.74, 6) is 0.266. The molecule has 39 heavy (non-hydrogen) atoms. The Morgan fingerprint density at radius 3 is 2.74 bits per heavy atom. The number of nitrogens with one attached hydrogen (secondary N) is 2. The SMILES string of the molecule is Nc1nc(C(=O)Nc2cc3ccccc3c(CNc3ccc(Cl)cc3CN3CCCCC3)n2)nc2ccsc12. The topological polar surface area (TPSA) is 109 Å². The number of hydrogen-bond acceptors (Lipinski definition) is 8. The molecule has 1 aliphatic heterocycles. The molecule has 8 nitrogen and oxygen atoms in total. The minimum Gasteiger partial charge on any atom is -0.382 e. The van der Waals surface area contributed by atoms with E-state index in [2.05, 4.69) is 25.5 Å². The van der Waals surface area contributed by atoms with Crippen molar-refractivity contribution < 1.29 is 4.79 Å². The van der Waals surface area contributed by atoms with E-state index < -0.39 is 5.91 Å². The normalized spacial score (nSPS) is 14.1. The molecule has 0 saturated carbocycles. The van der Waals surface area contributed by atoms with E-state index in [-0.39, 0.29) is 5.82 Å². The number of aromatic nitrogens is 3. The smallest absolute Gasteiger partial charge is 0.294 e. The molecule has 4 heterocycles. The van der Waals surface area contributed by atoms with Gasteiger partial charge in [0.15, 0.2) is 0 Å². The quantitative estimate of drug-likeness (QED) is 0.215. The molecule has 10 heteroatoms. The number of piperidine rings is 1. The number of anilines is 3. The summed E-state index contributed by atoms with van der Waals surface area (Å²) in [5, 5.41) is 11.0. The zero-order valence-electron chi connectivity index (χ0n) is 21.3. The molecular weight excluding hydrogens is 530 g/mol. The lowest BCUT2D eigenvalue weighted by atomic mass is 10.1. The predicted octanol–water partition coefficient (Wildman–Crippen LogP) is 6.33. The minimum absolute atomic E-state index is 0.0107.